The van der Waals surface area contributed by atoms with Crippen molar-refractivity contribution >= 4 is 5.82 Å². The molecule has 0 spiro atoms. The third kappa shape index (κ3) is 1.84. The Morgan fingerprint density at radius 1 is 1.41 bits per heavy atom. The molecule has 0 bridgehead atoms. The molecule has 0 radical (unpaired) electrons. The van der Waals surface area contributed by atoms with Gasteiger partial charge < -0.3 is 10.5 Å². The van der Waals surface area contributed by atoms with Crippen molar-refractivity contribution in [2.45, 2.75) is 6.92 Å². The highest BCUT2D eigenvalue weighted by Crippen LogP contribution is 2.29. The summed E-state index contributed by atoms with van der Waals surface area (Å²) in [4.78, 5) is 0. The van der Waals surface area contributed by atoms with Crippen LogP contribution in [0.2, 0.25) is 0 Å². The van der Waals surface area contributed by atoms with Gasteiger partial charge in [-0.15, -0.1) is 0 Å². The number of ether oxygens (including phenoxy) is 1. The number of methoxy groups -OCH3 is 1. The number of anilines is 1. The van der Waals surface area contributed by atoms with E-state index >= 15 is 0 Å². The first-order valence-electron chi connectivity index (χ1n) is 5.17. The Labute approximate surface area is 98.8 Å². The molecule has 0 aliphatic rings. The predicted octanol–water partition coefficient (Wildman–Crippen LogP) is 2.13. The average Bonchev–Trinajstić information content (AvgIpc) is 2.58. The SMILES string of the molecule is COc1cc(-c2nn(C)c(N)c2C)ccc1F. The Kier molecular flexibility index (Phi) is 2.75. The molecule has 0 amide bonds. The van der Waals surface area contributed by atoms with Crippen LogP contribution in [0.1, 0.15) is 5.56 Å². The Morgan fingerprint density at radius 3 is 2.65 bits per heavy atom. The molecule has 1 aromatic carbocycles. The van der Waals surface area contributed by atoms with E-state index < -0.39 is 5.82 Å². The molecule has 5 heteroatoms. The van der Waals surface area contributed by atoms with Crippen LogP contribution < -0.4 is 10.5 Å². The highest BCUT2D eigenvalue weighted by atomic mass is 19.1. The molecule has 4 nitrogen and oxygen atoms in total. The van der Waals surface area contributed by atoms with Gasteiger partial charge in [0, 0.05) is 18.2 Å². The number of rotatable bonds is 2. The predicted molar refractivity (Wildman–Crippen MR) is 64.3 cm³/mol. The quantitative estimate of drug-likeness (QED) is 0.867. The van der Waals surface area contributed by atoms with Crippen LogP contribution in [-0.2, 0) is 7.05 Å². The van der Waals surface area contributed by atoms with Gasteiger partial charge >= 0.3 is 0 Å². The van der Waals surface area contributed by atoms with E-state index in [1.807, 2.05) is 6.92 Å². The molecule has 2 rings (SSSR count). The summed E-state index contributed by atoms with van der Waals surface area (Å²) in [7, 11) is 3.20. The summed E-state index contributed by atoms with van der Waals surface area (Å²) in [5, 5.41) is 4.30. The van der Waals surface area contributed by atoms with Crippen LogP contribution in [0.15, 0.2) is 18.2 Å². The van der Waals surface area contributed by atoms with Gasteiger partial charge in [-0.05, 0) is 25.1 Å². The smallest absolute Gasteiger partial charge is 0.165 e. The van der Waals surface area contributed by atoms with Crippen LogP contribution in [0, 0.1) is 12.7 Å². The molecule has 0 aliphatic carbocycles. The zero-order chi connectivity index (χ0) is 12.6. The van der Waals surface area contributed by atoms with E-state index in [1.165, 1.54) is 13.2 Å². The molecular weight excluding hydrogens is 221 g/mol. The summed E-state index contributed by atoms with van der Waals surface area (Å²) in [5.74, 6) is 0.409. The minimum Gasteiger partial charge on any atom is -0.494 e. The zero-order valence-electron chi connectivity index (χ0n) is 9.99. The molecule has 90 valence electrons. The molecule has 0 aliphatic heterocycles. The van der Waals surface area contributed by atoms with E-state index in [9.17, 15) is 4.39 Å². The standard InChI is InChI=1S/C12H14FN3O/c1-7-11(15-16(2)12(7)14)8-4-5-9(13)10(6-8)17-3/h4-6H,14H2,1-3H3. The number of aryl methyl sites for hydroxylation is 1. The first-order chi connectivity index (χ1) is 8.04. The molecule has 1 aromatic heterocycles. The molecule has 0 fully saturated rings. The maximum atomic E-state index is 13.3. The second-order valence-electron chi connectivity index (χ2n) is 3.83. The monoisotopic (exact) mass is 235 g/mol. The van der Waals surface area contributed by atoms with E-state index in [0.717, 1.165) is 16.8 Å². The summed E-state index contributed by atoms with van der Waals surface area (Å²) in [6.07, 6.45) is 0. The van der Waals surface area contributed by atoms with E-state index in [-0.39, 0.29) is 5.75 Å². The normalized spacial score (nSPS) is 10.6. The Bertz CT molecular complexity index is 563. The largest absolute Gasteiger partial charge is 0.494 e. The summed E-state index contributed by atoms with van der Waals surface area (Å²) in [6.45, 7) is 1.88. The van der Waals surface area contributed by atoms with E-state index in [0.29, 0.717) is 5.82 Å². The van der Waals surface area contributed by atoms with Crippen molar-refractivity contribution in [1.82, 2.24) is 9.78 Å². The number of benzene rings is 1. The lowest BCUT2D eigenvalue weighted by molar-refractivity contribution is 0.387. The minimum atomic E-state index is -0.391. The van der Waals surface area contributed by atoms with Gasteiger partial charge in [-0.1, -0.05) is 0 Å². The molecule has 17 heavy (non-hydrogen) atoms. The molecule has 0 atom stereocenters. The number of nitrogens with zero attached hydrogens (tertiary/aromatic N) is 2. The van der Waals surface area contributed by atoms with Gasteiger partial charge in [0.15, 0.2) is 11.6 Å². The lowest BCUT2D eigenvalue weighted by Crippen LogP contribution is -1.97. The number of nitrogen functional groups attached to an aromatic ring is 1. The van der Waals surface area contributed by atoms with E-state index in [1.54, 1.807) is 23.9 Å². The summed E-state index contributed by atoms with van der Waals surface area (Å²) < 4.78 is 19.8. The molecule has 1 heterocycles. The van der Waals surface area contributed by atoms with Gasteiger partial charge in [0.2, 0.25) is 0 Å². The molecule has 0 saturated heterocycles. The molecule has 2 N–H and O–H groups in total. The van der Waals surface area contributed by atoms with Crippen LogP contribution in [0.4, 0.5) is 10.2 Å². The van der Waals surface area contributed by atoms with Gasteiger partial charge in [-0.2, -0.15) is 5.10 Å². The summed E-state index contributed by atoms with van der Waals surface area (Å²) in [5.41, 5.74) is 8.24. The van der Waals surface area contributed by atoms with Crippen molar-refractivity contribution in [3.8, 4) is 17.0 Å². The lowest BCUT2D eigenvalue weighted by Gasteiger charge is -2.04. The molecule has 0 unspecified atom stereocenters. The van der Waals surface area contributed by atoms with Crippen LogP contribution in [-0.4, -0.2) is 16.9 Å². The Hall–Kier alpha value is -2.04. The highest BCUT2D eigenvalue weighted by Gasteiger charge is 2.13. The number of halogens is 1. The summed E-state index contributed by atoms with van der Waals surface area (Å²) >= 11 is 0. The number of nitrogens with two attached hydrogens (primary N) is 1. The molecular formula is C12H14FN3O. The summed E-state index contributed by atoms with van der Waals surface area (Å²) in [6, 6.07) is 4.63. The zero-order valence-corrected chi connectivity index (χ0v) is 9.99. The number of hydrogen-bond acceptors (Lipinski definition) is 3. The highest BCUT2D eigenvalue weighted by molar-refractivity contribution is 5.69. The second kappa shape index (κ2) is 4.08. The molecule has 0 saturated carbocycles. The van der Waals surface area contributed by atoms with Crippen LogP contribution in [0.3, 0.4) is 0 Å². The van der Waals surface area contributed by atoms with Crippen LogP contribution >= 0.6 is 0 Å². The molecule has 2 aromatic rings. The van der Waals surface area contributed by atoms with Gasteiger partial charge in [0.25, 0.3) is 0 Å². The van der Waals surface area contributed by atoms with Crippen LogP contribution in [0.5, 0.6) is 5.75 Å². The third-order valence-electron chi connectivity index (χ3n) is 2.76. The first kappa shape index (κ1) is 11.4. The van der Waals surface area contributed by atoms with Gasteiger partial charge in [0.05, 0.1) is 12.8 Å². The van der Waals surface area contributed by atoms with Gasteiger partial charge in [0.1, 0.15) is 5.82 Å². The van der Waals surface area contributed by atoms with Crippen molar-refractivity contribution in [1.29, 1.82) is 0 Å². The first-order valence-corrected chi connectivity index (χ1v) is 5.17. The maximum Gasteiger partial charge on any atom is 0.165 e. The van der Waals surface area contributed by atoms with E-state index in [4.69, 9.17) is 10.5 Å². The fourth-order valence-corrected chi connectivity index (χ4v) is 1.72. The Morgan fingerprint density at radius 2 is 2.12 bits per heavy atom. The van der Waals surface area contributed by atoms with Crippen molar-refractivity contribution in [3.05, 3.63) is 29.6 Å². The Balaban J connectivity index is 2.57. The van der Waals surface area contributed by atoms with Gasteiger partial charge in [-0.3, -0.25) is 4.68 Å². The fraction of sp³-hybridized carbons (Fsp3) is 0.250. The van der Waals surface area contributed by atoms with Crippen LogP contribution in [0.25, 0.3) is 11.3 Å². The average molecular weight is 235 g/mol. The lowest BCUT2D eigenvalue weighted by atomic mass is 10.1. The number of hydrogen-bond donors (Lipinski definition) is 1. The third-order valence-corrected chi connectivity index (χ3v) is 2.76. The van der Waals surface area contributed by atoms with Crippen molar-refractivity contribution in [2.75, 3.05) is 12.8 Å². The van der Waals surface area contributed by atoms with E-state index in [2.05, 4.69) is 5.10 Å². The fourth-order valence-electron chi connectivity index (χ4n) is 1.72. The second-order valence-corrected chi connectivity index (χ2v) is 3.83. The van der Waals surface area contributed by atoms with Gasteiger partial charge in [-0.25, -0.2) is 4.39 Å². The van der Waals surface area contributed by atoms with Crippen molar-refractivity contribution in [2.24, 2.45) is 7.05 Å². The topological polar surface area (TPSA) is 53.1 Å². The maximum absolute atomic E-state index is 13.3. The minimum absolute atomic E-state index is 0.200. The number of aromatic nitrogens is 2. The van der Waals surface area contributed by atoms with Crippen molar-refractivity contribution in [3.63, 3.8) is 0 Å². The van der Waals surface area contributed by atoms with Crippen molar-refractivity contribution < 1.29 is 9.13 Å².